The van der Waals surface area contributed by atoms with Gasteiger partial charge in [0, 0.05) is 43.3 Å². The van der Waals surface area contributed by atoms with E-state index < -0.39 is 39.7 Å². The first-order valence-electron chi connectivity index (χ1n) is 12.3. The summed E-state index contributed by atoms with van der Waals surface area (Å²) in [5.74, 6) is -0.764. The van der Waals surface area contributed by atoms with Gasteiger partial charge in [0.1, 0.15) is 5.75 Å². The number of fused-ring (bicyclic) bond motifs is 1. The fourth-order valence-electron chi connectivity index (χ4n) is 4.62. The first-order valence-corrected chi connectivity index (χ1v) is 14.4. The average molecular weight is 589 g/mol. The molecule has 4 rings (SSSR count). The SMILES string of the molecule is CCN1CCN(Cc2cc3[nH]c(=O)n(Cc4cc(Cl)ccc4S(=O)(=O)CC)c(=O)c3cc2OC(F)(F)F)CC1. The molecule has 1 aliphatic heterocycles. The Balaban J connectivity index is 1.79. The Hall–Kier alpha value is -2.87. The number of hydrogen-bond donors (Lipinski definition) is 1. The van der Waals surface area contributed by atoms with Crippen LogP contribution in [-0.2, 0) is 22.9 Å². The van der Waals surface area contributed by atoms with Gasteiger partial charge in [-0.3, -0.25) is 14.3 Å². The van der Waals surface area contributed by atoms with Crippen LogP contribution in [0.4, 0.5) is 13.2 Å². The van der Waals surface area contributed by atoms with Crippen LogP contribution >= 0.6 is 11.6 Å². The lowest BCUT2D eigenvalue weighted by Gasteiger charge is -2.34. The molecule has 2 heterocycles. The maximum absolute atomic E-state index is 13.4. The van der Waals surface area contributed by atoms with Gasteiger partial charge in [-0.25, -0.2) is 13.2 Å². The summed E-state index contributed by atoms with van der Waals surface area (Å²) in [6, 6.07) is 6.29. The van der Waals surface area contributed by atoms with Crippen molar-refractivity contribution in [2.45, 2.75) is 38.2 Å². The monoisotopic (exact) mass is 588 g/mol. The molecule has 0 radical (unpaired) electrons. The summed E-state index contributed by atoms with van der Waals surface area (Å²) in [4.78, 5) is 33.0. The van der Waals surface area contributed by atoms with Crippen LogP contribution in [0.25, 0.3) is 10.9 Å². The third kappa shape index (κ3) is 6.65. The molecule has 0 spiro atoms. The Morgan fingerprint density at radius 2 is 1.64 bits per heavy atom. The fraction of sp³-hybridized carbons (Fsp3) is 0.440. The van der Waals surface area contributed by atoms with Gasteiger partial charge >= 0.3 is 12.1 Å². The largest absolute Gasteiger partial charge is 0.573 e. The number of aromatic nitrogens is 2. The van der Waals surface area contributed by atoms with E-state index in [9.17, 15) is 31.2 Å². The van der Waals surface area contributed by atoms with E-state index in [1.54, 1.807) is 0 Å². The van der Waals surface area contributed by atoms with E-state index in [-0.39, 0.29) is 44.2 Å². The highest BCUT2D eigenvalue weighted by atomic mass is 35.5. The van der Waals surface area contributed by atoms with Crippen LogP contribution in [0, 0.1) is 0 Å². The summed E-state index contributed by atoms with van der Waals surface area (Å²) in [6.45, 7) is 6.83. The van der Waals surface area contributed by atoms with Gasteiger partial charge in [-0.05, 0) is 42.4 Å². The molecule has 0 bridgehead atoms. The Bertz CT molecular complexity index is 1600. The van der Waals surface area contributed by atoms with Gasteiger partial charge in [0.15, 0.2) is 9.84 Å². The van der Waals surface area contributed by atoms with Gasteiger partial charge < -0.3 is 14.6 Å². The van der Waals surface area contributed by atoms with Gasteiger partial charge in [0.25, 0.3) is 5.56 Å². The molecule has 0 saturated carbocycles. The second-order valence-electron chi connectivity index (χ2n) is 9.24. The van der Waals surface area contributed by atoms with E-state index in [1.807, 2.05) is 11.8 Å². The number of nitrogens with one attached hydrogen (secondary N) is 1. The zero-order valence-corrected chi connectivity index (χ0v) is 22.9. The van der Waals surface area contributed by atoms with E-state index >= 15 is 0 Å². The molecule has 1 fully saturated rings. The summed E-state index contributed by atoms with van der Waals surface area (Å²) in [5, 5.41) is -0.0223. The number of H-pyrrole nitrogens is 1. The molecule has 1 N–H and O–H groups in total. The van der Waals surface area contributed by atoms with E-state index in [0.717, 1.165) is 30.3 Å². The van der Waals surface area contributed by atoms with Gasteiger partial charge in [-0.1, -0.05) is 25.4 Å². The normalized spacial score (nSPS) is 15.6. The summed E-state index contributed by atoms with van der Waals surface area (Å²) < 4.78 is 70.1. The maximum atomic E-state index is 13.4. The molecule has 0 atom stereocenters. The number of sulfone groups is 1. The van der Waals surface area contributed by atoms with E-state index in [0.29, 0.717) is 13.1 Å². The van der Waals surface area contributed by atoms with E-state index in [4.69, 9.17) is 11.6 Å². The lowest BCUT2D eigenvalue weighted by Crippen LogP contribution is -2.45. The number of aromatic amines is 1. The summed E-state index contributed by atoms with van der Waals surface area (Å²) >= 11 is 6.05. The maximum Gasteiger partial charge on any atom is 0.573 e. The van der Waals surface area contributed by atoms with Crippen LogP contribution in [-0.4, -0.2) is 72.6 Å². The van der Waals surface area contributed by atoms with Crippen LogP contribution in [0.1, 0.15) is 25.0 Å². The molecule has 1 saturated heterocycles. The number of nitrogens with zero attached hydrogens (tertiary/aromatic N) is 3. The number of halogens is 4. The van der Waals surface area contributed by atoms with Crippen molar-refractivity contribution in [1.29, 1.82) is 0 Å². The molecule has 0 unspecified atom stereocenters. The minimum atomic E-state index is -5.01. The van der Waals surface area contributed by atoms with Crippen molar-refractivity contribution in [3.63, 3.8) is 0 Å². The third-order valence-electron chi connectivity index (χ3n) is 6.76. The molecule has 3 aromatic rings. The standard InChI is InChI=1S/C25H28ClF3N4O5S/c1-3-31-7-9-32(10-8-31)14-16-12-20-19(13-21(16)38-25(27,28)29)23(34)33(24(35)30-20)15-17-11-18(26)5-6-22(17)39(36,37)4-2/h5-6,11-13H,3-4,7-10,14-15H2,1-2H3,(H,30,35). The number of alkyl halides is 3. The van der Waals surface area contributed by atoms with Crippen molar-refractivity contribution in [2.24, 2.45) is 0 Å². The number of rotatable bonds is 8. The molecule has 14 heteroatoms. The molecule has 1 aromatic heterocycles. The summed E-state index contributed by atoms with van der Waals surface area (Å²) in [5.41, 5.74) is -1.43. The first-order chi connectivity index (χ1) is 18.3. The van der Waals surface area contributed by atoms with Crippen molar-refractivity contribution in [3.8, 4) is 5.75 Å². The number of piperazine rings is 1. The van der Waals surface area contributed by atoms with Gasteiger partial charge in [-0.2, -0.15) is 0 Å². The predicted molar refractivity (Wildman–Crippen MR) is 141 cm³/mol. The highest BCUT2D eigenvalue weighted by Gasteiger charge is 2.33. The molecular formula is C25H28ClF3N4O5S. The molecule has 2 aromatic carbocycles. The summed E-state index contributed by atoms with van der Waals surface area (Å²) in [7, 11) is -3.72. The van der Waals surface area contributed by atoms with Crippen LogP contribution in [0.15, 0.2) is 44.8 Å². The highest BCUT2D eigenvalue weighted by Crippen LogP contribution is 2.30. The van der Waals surface area contributed by atoms with Gasteiger partial charge in [0.05, 0.1) is 28.1 Å². The van der Waals surface area contributed by atoms with Gasteiger partial charge in [-0.15, -0.1) is 13.2 Å². The topological polar surface area (TPSA) is 105 Å². The van der Waals surface area contributed by atoms with Crippen molar-refractivity contribution in [3.05, 3.63) is 67.3 Å². The molecule has 1 aliphatic rings. The molecule has 0 aliphatic carbocycles. The number of benzene rings is 2. The molecule has 9 nitrogen and oxygen atoms in total. The quantitative estimate of drug-likeness (QED) is 0.431. The fourth-order valence-corrected chi connectivity index (χ4v) is 5.92. The lowest BCUT2D eigenvalue weighted by molar-refractivity contribution is -0.274. The zero-order chi connectivity index (χ0) is 28.5. The van der Waals surface area contributed by atoms with Crippen LogP contribution in [0.5, 0.6) is 5.75 Å². The number of hydrogen-bond acceptors (Lipinski definition) is 7. The number of ether oxygens (including phenoxy) is 1. The Kier molecular flexibility index (Phi) is 8.45. The molecule has 212 valence electrons. The Morgan fingerprint density at radius 1 is 0.974 bits per heavy atom. The van der Waals surface area contributed by atoms with Gasteiger partial charge in [0.2, 0.25) is 0 Å². The molecular weight excluding hydrogens is 561 g/mol. The molecule has 39 heavy (non-hydrogen) atoms. The number of likely N-dealkylation sites (N-methyl/N-ethyl adjacent to an activating group) is 1. The van der Waals surface area contributed by atoms with Crippen molar-refractivity contribution < 1.29 is 26.3 Å². The lowest BCUT2D eigenvalue weighted by atomic mass is 10.1. The summed E-state index contributed by atoms with van der Waals surface area (Å²) in [6.07, 6.45) is -5.01. The van der Waals surface area contributed by atoms with E-state index in [2.05, 4.69) is 14.6 Å². The smallest absolute Gasteiger partial charge is 0.405 e. The molecule has 0 amide bonds. The Morgan fingerprint density at radius 3 is 2.26 bits per heavy atom. The second-order valence-corrected chi connectivity index (χ2v) is 11.9. The average Bonchev–Trinajstić information content (AvgIpc) is 2.87. The van der Waals surface area contributed by atoms with Crippen LogP contribution in [0.2, 0.25) is 5.02 Å². The van der Waals surface area contributed by atoms with Crippen molar-refractivity contribution in [1.82, 2.24) is 19.4 Å². The minimum absolute atomic E-state index is 0.0467. The van der Waals surface area contributed by atoms with Crippen LogP contribution < -0.4 is 16.0 Å². The highest BCUT2D eigenvalue weighted by molar-refractivity contribution is 7.91. The third-order valence-corrected chi connectivity index (χ3v) is 8.82. The first kappa shape index (κ1) is 29.1. The van der Waals surface area contributed by atoms with Crippen molar-refractivity contribution >= 4 is 32.3 Å². The minimum Gasteiger partial charge on any atom is -0.405 e. The second kappa shape index (κ2) is 11.3. The van der Waals surface area contributed by atoms with Crippen LogP contribution in [0.3, 0.4) is 0 Å². The Labute approximate surface area is 227 Å². The van der Waals surface area contributed by atoms with Crippen molar-refractivity contribution in [2.75, 3.05) is 38.5 Å². The predicted octanol–water partition coefficient (Wildman–Crippen LogP) is 3.22. The van der Waals surface area contributed by atoms with E-state index in [1.165, 1.54) is 31.2 Å². The zero-order valence-electron chi connectivity index (χ0n) is 21.3.